The van der Waals surface area contributed by atoms with Crippen LogP contribution in [0.2, 0.25) is 0 Å². The van der Waals surface area contributed by atoms with Crippen LogP contribution in [0, 0.1) is 10.8 Å². The molecular formula is C30H31N3O8. The summed E-state index contributed by atoms with van der Waals surface area (Å²) < 4.78 is 0. The fraction of sp³-hybridized carbons (Fsp3) is 0.367. The van der Waals surface area contributed by atoms with E-state index in [0.29, 0.717) is 11.3 Å². The van der Waals surface area contributed by atoms with Crippen molar-refractivity contribution in [3.8, 4) is 5.75 Å². The summed E-state index contributed by atoms with van der Waals surface area (Å²) in [6.45, 7) is 3.12. The first-order chi connectivity index (χ1) is 19.1. The highest BCUT2D eigenvalue weighted by Crippen LogP contribution is 2.63. The van der Waals surface area contributed by atoms with Gasteiger partial charge in [0, 0.05) is 33.9 Å². The highest BCUT2D eigenvalue weighted by molar-refractivity contribution is 6.25. The molecule has 6 N–H and O–H groups in total. The monoisotopic (exact) mass is 561 g/mol. The normalized spacial score (nSPS) is 29.3. The summed E-state index contributed by atoms with van der Waals surface area (Å²) >= 11 is 0. The molecule has 0 aliphatic heterocycles. The number of ketones is 3. The zero-order valence-electron chi connectivity index (χ0n) is 23.1. The van der Waals surface area contributed by atoms with E-state index in [9.17, 15) is 39.6 Å². The molecule has 214 valence electrons. The number of amides is 1. The smallest absolute Gasteiger partial charge is 0.255 e. The van der Waals surface area contributed by atoms with E-state index in [1.54, 1.807) is 31.3 Å². The van der Waals surface area contributed by atoms with Crippen molar-refractivity contribution in [1.29, 1.82) is 0 Å². The van der Waals surface area contributed by atoms with Crippen LogP contribution in [0.5, 0.6) is 5.75 Å². The first-order valence-electron chi connectivity index (χ1n) is 13.0. The first kappa shape index (κ1) is 28.2. The maximum atomic E-state index is 14.3. The Morgan fingerprint density at radius 1 is 1.10 bits per heavy atom. The van der Waals surface area contributed by atoms with Gasteiger partial charge in [-0.15, -0.1) is 0 Å². The van der Waals surface area contributed by atoms with Crippen LogP contribution >= 0.6 is 0 Å². The Kier molecular flexibility index (Phi) is 6.24. The average molecular weight is 562 g/mol. The minimum atomic E-state index is -2.80. The minimum absolute atomic E-state index is 0.0156. The van der Waals surface area contributed by atoms with Crippen LogP contribution in [0.3, 0.4) is 0 Å². The number of nitrogens with zero attached hydrogens (tertiary/aromatic N) is 2. The van der Waals surface area contributed by atoms with Crippen molar-refractivity contribution in [2.24, 2.45) is 16.6 Å². The number of hydrogen-bond donors (Lipinski definition) is 5. The summed E-state index contributed by atoms with van der Waals surface area (Å²) in [6.07, 6.45) is 1.37. The molecule has 1 fully saturated rings. The van der Waals surface area contributed by atoms with Gasteiger partial charge in [-0.1, -0.05) is 19.9 Å². The van der Waals surface area contributed by atoms with Gasteiger partial charge in [0.05, 0.1) is 18.0 Å². The molecule has 1 amide bonds. The number of primary amides is 1. The molecule has 11 nitrogen and oxygen atoms in total. The fourth-order valence-electron chi connectivity index (χ4n) is 7.35. The standard InChI is InChI=1S/C30H31N3O8/c1-28-12-16-15(18(35)11-14-7-5-6-10-32-14)8-9-17(34)19(16)22(36)21(28)26(39)30(41)25(38)20(27(31)40)23(37)24(33(3)4)29(30,2)13-28/h5-10,24,34,36,38,41H,11-13H2,1-4H3,(H2,31,40)/t24-,28+,29+,30-/m1/s1. The van der Waals surface area contributed by atoms with Crippen LogP contribution in [-0.2, 0) is 27.2 Å². The number of carbonyl (C=O) groups is 4. The zero-order valence-corrected chi connectivity index (χ0v) is 23.1. The number of Topliss-reactive ketones (excluding diaryl/α,β-unsaturated/α-hetero) is 3. The van der Waals surface area contributed by atoms with Crippen LogP contribution in [0.4, 0.5) is 0 Å². The largest absolute Gasteiger partial charge is 0.508 e. The fourth-order valence-corrected chi connectivity index (χ4v) is 7.35. The maximum Gasteiger partial charge on any atom is 0.255 e. The van der Waals surface area contributed by atoms with Crippen molar-refractivity contribution in [2.75, 3.05) is 14.1 Å². The molecular weight excluding hydrogens is 530 g/mol. The lowest BCUT2D eigenvalue weighted by Crippen LogP contribution is -2.72. The molecule has 0 saturated heterocycles. The second-order valence-corrected chi connectivity index (χ2v) is 11.8. The van der Waals surface area contributed by atoms with E-state index in [1.165, 1.54) is 38.1 Å². The van der Waals surface area contributed by atoms with Gasteiger partial charge in [-0.05, 0) is 56.8 Å². The number of fused-ring (bicyclic) bond motifs is 3. The molecule has 11 heteroatoms. The van der Waals surface area contributed by atoms with Gasteiger partial charge in [-0.2, -0.15) is 0 Å². The molecule has 41 heavy (non-hydrogen) atoms. The van der Waals surface area contributed by atoms with E-state index in [1.807, 2.05) is 0 Å². The van der Waals surface area contributed by atoms with Crippen LogP contribution in [-0.4, -0.2) is 79.3 Å². The van der Waals surface area contributed by atoms with Gasteiger partial charge >= 0.3 is 0 Å². The van der Waals surface area contributed by atoms with E-state index in [2.05, 4.69) is 4.98 Å². The molecule has 1 saturated carbocycles. The summed E-state index contributed by atoms with van der Waals surface area (Å²) in [5.74, 6) is -5.83. The highest BCUT2D eigenvalue weighted by atomic mass is 16.3. The third-order valence-electron chi connectivity index (χ3n) is 8.88. The van der Waals surface area contributed by atoms with Crippen molar-refractivity contribution in [3.63, 3.8) is 0 Å². The number of aromatic hydroxyl groups is 1. The number of aliphatic hydroxyl groups is 3. The Labute approximate surface area is 235 Å². The van der Waals surface area contributed by atoms with Crippen LogP contribution in [0.15, 0.2) is 53.4 Å². The molecule has 0 radical (unpaired) electrons. The predicted octanol–water partition coefficient (Wildman–Crippen LogP) is 1.56. The number of hydrogen-bond acceptors (Lipinski definition) is 10. The Morgan fingerprint density at radius 3 is 2.37 bits per heavy atom. The van der Waals surface area contributed by atoms with Gasteiger partial charge in [0.25, 0.3) is 5.91 Å². The third kappa shape index (κ3) is 3.69. The van der Waals surface area contributed by atoms with Gasteiger partial charge in [0.15, 0.2) is 17.2 Å². The van der Waals surface area contributed by atoms with E-state index in [0.717, 1.165) is 0 Å². The zero-order chi connectivity index (χ0) is 30.2. The molecule has 3 aliphatic rings. The van der Waals surface area contributed by atoms with Gasteiger partial charge < -0.3 is 26.2 Å². The first-order valence-corrected chi connectivity index (χ1v) is 13.0. The number of benzene rings is 1. The van der Waals surface area contributed by atoms with Crippen molar-refractivity contribution in [1.82, 2.24) is 9.88 Å². The summed E-state index contributed by atoms with van der Waals surface area (Å²) in [7, 11) is 3.07. The number of rotatable bonds is 5. The third-order valence-corrected chi connectivity index (χ3v) is 8.88. The van der Waals surface area contributed by atoms with Crippen LogP contribution < -0.4 is 5.73 Å². The lowest BCUT2D eigenvalue weighted by atomic mass is 9.46. The number of phenolic OH excluding ortho intramolecular Hbond substituents is 1. The SMILES string of the molecule is CN(C)[C@@H]1C(=O)C(C(N)=O)=C(O)[C@@]2(O)C(=O)C3=C(O)c4c(O)ccc(C(=O)Cc5ccccn5)c4C[C@@]3(C)C[C@@]12C. The van der Waals surface area contributed by atoms with Crippen molar-refractivity contribution in [2.45, 2.75) is 44.8 Å². The van der Waals surface area contributed by atoms with Gasteiger partial charge in [0.1, 0.15) is 22.8 Å². The van der Waals surface area contributed by atoms with Crippen molar-refractivity contribution < 1.29 is 39.6 Å². The molecule has 1 aromatic carbocycles. The lowest BCUT2D eigenvalue weighted by Gasteiger charge is -2.59. The number of aliphatic hydroxyl groups excluding tert-OH is 2. The van der Waals surface area contributed by atoms with E-state index in [-0.39, 0.29) is 41.7 Å². The van der Waals surface area contributed by atoms with E-state index >= 15 is 0 Å². The number of aromatic nitrogens is 1. The Hall–Kier alpha value is -4.35. The maximum absolute atomic E-state index is 14.3. The molecule has 0 spiro atoms. The van der Waals surface area contributed by atoms with Gasteiger partial charge in [0.2, 0.25) is 5.78 Å². The number of nitrogens with two attached hydrogens (primary N) is 1. The molecule has 0 unspecified atom stereocenters. The molecule has 4 atom stereocenters. The average Bonchev–Trinajstić information content (AvgIpc) is 2.86. The summed E-state index contributed by atoms with van der Waals surface area (Å²) in [5, 5.41) is 45.5. The van der Waals surface area contributed by atoms with Crippen LogP contribution in [0.25, 0.3) is 5.76 Å². The molecule has 3 aliphatic carbocycles. The topological polar surface area (TPSA) is 191 Å². The Morgan fingerprint density at radius 2 is 1.78 bits per heavy atom. The highest BCUT2D eigenvalue weighted by Gasteiger charge is 2.72. The van der Waals surface area contributed by atoms with E-state index in [4.69, 9.17) is 5.73 Å². The summed E-state index contributed by atoms with van der Waals surface area (Å²) in [4.78, 5) is 59.1. The predicted molar refractivity (Wildman–Crippen MR) is 146 cm³/mol. The quantitative estimate of drug-likeness (QED) is 0.264. The molecule has 2 aromatic rings. The minimum Gasteiger partial charge on any atom is -0.508 e. The molecule has 5 rings (SSSR count). The summed E-state index contributed by atoms with van der Waals surface area (Å²) in [5.41, 5.74) is -0.638. The Balaban J connectivity index is 1.75. The van der Waals surface area contributed by atoms with Gasteiger partial charge in [-0.3, -0.25) is 29.1 Å². The van der Waals surface area contributed by atoms with Crippen molar-refractivity contribution in [3.05, 3.63) is 75.8 Å². The molecule has 1 heterocycles. The lowest BCUT2D eigenvalue weighted by molar-refractivity contribution is -0.176. The number of likely N-dealkylation sites (N-methyl/N-ethyl adjacent to an activating group) is 1. The number of phenols is 1. The van der Waals surface area contributed by atoms with Crippen LogP contribution in [0.1, 0.15) is 47.4 Å². The number of pyridine rings is 1. The second kappa shape index (κ2) is 9.08. The molecule has 1 aromatic heterocycles. The second-order valence-electron chi connectivity index (χ2n) is 11.8. The molecule has 0 bridgehead atoms. The van der Waals surface area contributed by atoms with Gasteiger partial charge in [-0.25, -0.2) is 0 Å². The van der Waals surface area contributed by atoms with E-state index < -0.39 is 62.8 Å². The Bertz CT molecular complexity index is 1610. The number of carbonyl (C=O) groups excluding carboxylic acids is 4. The summed E-state index contributed by atoms with van der Waals surface area (Å²) in [6, 6.07) is 6.60. The van der Waals surface area contributed by atoms with Crippen molar-refractivity contribution >= 4 is 29.0 Å².